The molecular formula is C14H21FN2O. The highest BCUT2D eigenvalue weighted by atomic mass is 19.1. The Morgan fingerprint density at radius 2 is 2.11 bits per heavy atom. The first-order valence-corrected chi connectivity index (χ1v) is 6.27. The van der Waals surface area contributed by atoms with Crippen LogP contribution in [0.15, 0.2) is 18.2 Å². The standard InChI is InChI=1S/C14H21FN2O/c1-4-13(9(2)3)17-8-11-6-5-10(14(16)18)7-12(11)15/h5-7,9,13,17H,4,8H2,1-3H3,(H2,16,18). The zero-order chi connectivity index (χ0) is 13.7. The van der Waals surface area contributed by atoms with Gasteiger partial charge in [-0.15, -0.1) is 0 Å². The van der Waals surface area contributed by atoms with Crippen molar-refractivity contribution in [2.75, 3.05) is 0 Å². The van der Waals surface area contributed by atoms with Crippen molar-refractivity contribution in [3.63, 3.8) is 0 Å². The Kier molecular flexibility index (Phi) is 5.28. The Bertz CT molecular complexity index is 418. The van der Waals surface area contributed by atoms with Crippen molar-refractivity contribution in [3.8, 4) is 0 Å². The fraction of sp³-hybridized carbons (Fsp3) is 0.500. The minimum Gasteiger partial charge on any atom is -0.366 e. The number of nitrogens with one attached hydrogen (secondary N) is 1. The van der Waals surface area contributed by atoms with E-state index in [2.05, 4.69) is 26.1 Å². The quantitative estimate of drug-likeness (QED) is 0.817. The van der Waals surface area contributed by atoms with Crippen molar-refractivity contribution in [1.82, 2.24) is 5.32 Å². The predicted molar refractivity (Wildman–Crippen MR) is 70.7 cm³/mol. The maximum atomic E-state index is 13.7. The lowest BCUT2D eigenvalue weighted by Crippen LogP contribution is -2.32. The molecule has 3 nitrogen and oxygen atoms in total. The summed E-state index contributed by atoms with van der Waals surface area (Å²) in [5.74, 6) is -0.498. The molecule has 0 aromatic heterocycles. The molecule has 0 aliphatic carbocycles. The van der Waals surface area contributed by atoms with Gasteiger partial charge >= 0.3 is 0 Å². The molecule has 0 bridgehead atoms. The van der Waals surface area contributed by atoms with Gasteiger partial charge in [0.2, 0.25) is 5.91 Å². The average Bonchev–Trinajstić information content (AvgIpc) is 2.30. The third kappa shape index (κ3) is 3.81. The molecule has 100 valence electrons. The highest BCUT2D eigenvalue weighted by molar-refractivity contribution is 5.92. The molecule has 1 aromatic carbocycles. The molecule has 1 unspecified atom stereocenters. The second kappa shape index (κ2) is 6.50. The van der Waals surface area contributed by atoms with Crippen LogP contribution in [0, 0.1) is 11.7 Å². The Morgan fingerprint density at radius 1 is 1.44 bits per heavy atom. The summed E-state index contributed by atoms with van der Waals surface area (Å²) >= 11 is 0. The lowest BCUT2D eigenvalue weighted by Gasteiger charge is -2.21. The molecule has 0 radical (unpaired) electrons. The molecule has 0 saturated heterocycles. The zero-order valence-electron chi connectivity index (χ0n) is 11.2. The summed E-state index contributed by atoms with van der Waals surface area (Å²) in [6, 6.07) is 4.71. The smallest absolute Gasteiger partial charge is 0.248 e. The maximum absolute atomic E-state index is 13.7. The lowest BCUT2D eigenvalue weighted by atomic mass is 10.0. The summed E-state index contributed by atoms with van der Waals surface area (Å²) in [6.45, 7) is 6.83. The van der Waals surface area contributed by atoms with Gasteiger partial charge in [0.25, 0.3) is 0 Å². The third-order valence-corrected chi connectivity index (χ3v) is 3.14. The molecule has 0 aliphatic heterocycles. The van der Waals surface area contributed by atoms with E-state index < -0.39 is 11.7 Å². The average molecular weight is 252 g/mol. The van der Waals surface area contributed by atoms with E-state index in [9.17, 15) is 9.18 Å². The number of primary amides is 1. The summed E-state index contributed by atoms with van der Waals surface area (Å²) < 4.78 is 13.7. The zero-order valence-corrected chi connectivity index (χ0v) is 11.2. The van der Waals surface area contributed by atoms with Gasteiger partial charge in [-0.2, -0.15) is 0 Å². The van der Waals surface area contributed by atoms with E-state index in [1.165, 1.54) is 6.07 Å². The van der Waals surface area contributed by atoms with Crippen molar-refractivity contribution in [2.45, 2.75) is 39.8 Å². The molecule has 1 aromatic rings. The molecule has 0 fully saturated rings. The second-order valence-corrected chi connectivity index (χ2v) is 4.81. The number of amides is 1. The van der Waals surface area contributed by atoms with Crippen LogP contribution in [-0.4, -0.2) is 11.9 Å². The van der Waals surface area contributed by atoms with Crippen molar-refractivity contribution < 1.29 is 9.18 Å². The van der Waals surface area contributed by atoms with Crippen molar-refractivity contribution >= 4 is 5.91 Å². The van der Waals surface area contributed by atoms with Gasteiger partial charge in [-0.25, -0.2) is 4.39 Å². The van der Waals surface area contributed by atoms with E-state index in [1.807, 2.05) is 0 Å². The first kappa shape index (κ1) is 14.6. The van der Waals surface area contributed by atoms with Gasteiger partial charge in [-0.3, -0.25) is 4.79 Å². The topological polar surface area (TPSA) is 55.1 Å². The van der Waals surface area contributed by atoms with Gasteiger partial charge in [0, 0.05) is 23.7 Å². The molecule has 0 saturated carbocycles. The van der Waals surface area contributed by atoms with Crippen LogP contribution in [0.5, 0.6) is 0 Å². The van der Waals surface area contributed by atoms with Crippen LogP contribution >= 0.6 is 0 Å². The van der Waals surface area contributed by atoms with E-state index in [4.69, 9.17) is 5.73 Å². The minimum atomic E-state index is -0.609. The molecule has 3 N–H and O–H groups in total. The van der Waals surface area contributed by atoms with Gasteiger partial charge < -0.3 is 11.1 Å². The largest absolute Gasteiger partial charge is 0.366 e. The number of nitrogens with two attached hydrogens (primary N) is 1. The van der Waals surface area contributed by atoms with Gasteiger partial charge in [-0.05, 0) is 24.5 Å². The van der Waals surface area contributed by atoms with Gasteiger partial charge in [0.1, 0.15) is 5.82 Å². The minimum absolute atomic E-state index is 0.201. The molecular weight excluding hydrogens is 231 g/mol. The normalized spacial score (nSPS) is 12.7. The molecule has 0 aliphatic rings. The molecule has 0 spiro atoms. The molecule has 0 heterocycles. The third-order valence-electron chi connectivity index (χ3n) is 3.14. The highest BCUT2D eigenvalue weighted by Gasteiger charge is 2.12. The monoisotopic (exact) mass is 252 g/mol. The number of hydrogen-bond acceptors (Lipinski definition) is 2. The van der Waals surface area contributed by atoms with Gasteiger partial charge in [-0.1, -0.05) is 26.8 Å². The van der Waals surface area contributed by atoms with Crippen LogP contribution < -0.4 is 11.1 Å². The fourth-order valence-electron chi connectivity index (χ4n) is 1.94. The summed E-state index contributed by atoms with van der Waals surface area (Å²) in [6.07, 6.45) is 0.999. The van der Waals surface area contributed by atoms with Crippen molar-refractivity contribution in [3.05, 3.63) is 35.1 Å². The van der Waals surface area contributed by atoms with Crippen LogP contribution in [-0.2, 0) is 6.54 Å². The van der Waals surface area contributed by atoms with Crippen LogP contribution in [0.25, 0.3) is 0 Å². The molecule has 1 atom stereocenters. The Balaban J connectivity index is 2.71. The van der Waals surface area contributed by atoms with Crippen molar-refractivity contribution in [1.29, 1.82) is 0 Å². The van der Waals surface area contributed by atoms with Crippen LogP contribution in [0.3, 0.4) is 0 Å². The Morgan fingerprint density at radius 3 is 2.56 bits per heavy atom. The number of carbonyl (C=O) groups is 1. The predicted octanol–water partition coefficient (Wildman–Crippen LogP) is 2.45. The van der Waals surface area contributed by atoms with E-state index in [0.29, 0.717) is 24.1 Å². The summed E-state index contributed by atoms with van der Waals surface area (Å²) in [7, 11) is 0. The first-order valence-electron chi connectivity index (χ1n) is 6.27. The molecule has 1 rings (SSSR count). The van der Waals surface area contributed by atoms with Crippen molar-refractivity contribution in [2.24, 2.45) is 11.7 Å². The van der Waals surface area contributed by atoms with Gasteiger partial charge in [0.15, 0.2) is 0 Å². The highest BCUT2D eigenvalue weighted by Crippen LogP contribution is 2.12. The Labute approximate surface area is 108 Å². The number of hydrogen-bond donors (Lipinski definition) is 2. The SMILES string of the molecule is CCC(NCc1ccc(C(N)=O)cc1F)C(C)C. The first-order chi connectivity index (χ1) is 8.45. The second-order valence-electron chi connectivity index (χ2n) is 4.81. The fourth-order valence-corrected chi connectivity index (χ4v) is 1.94. The number of halogens is 1. The van der Waals surface area contributed by atoms with E-state index >= 15 is 0 Å². The van der Waals surface area contributed by atoms with E-state index in [-0.39, 0.29) is 5.56 Å². The van der Waals surface area contributed by atoms with Crippen LogP contribution in [0.1, 0.15) is 43.1 Å². The molecule has 4 heteroatoms. The molecule has 18 heavy (non-hydrogen) atoms. The Hall–Kier alpha value is -1.42. The number of rotatable bonds is 6. The van der Waals surface area contributed by atoms with E-state index in [0.717, 1.165) is 6.42 Å². The van der Waals surface area contributed by atoms with Crippen LogP contribution in [0.2, 0.25) is 0 Å². The van der Waals surface area contributed by atoms with E-state index in [1.54, 1.807) is 12.1 Å². The molecule has 1 amide bonds. The number of carbonyl (C=O) groups excluding carboxylic acids is 1. The van der Waals surface area contributed by atoms with Crippen LogP contribution in [0.4, 0.5) is 4.39 Å². The summed E-state index contributed by atoms with van der Waals surface area (Å²) in [5.41, 5.74) is 5.85. The number of benzene rings is 1. The summed E-state index contributed by atoms with van der Waals surface area (Å²) in [5, 5.41) is 3.32. The maximum Gasteiger partial charge on any atom is 0.248 e. The lowest BCUT2D eigenvalue weighted by molar-refractivity contribution is 0.1000. The van der Waals surface area contributed by atoms with Gasteiger partial charge in [0.05, 0.1) is 0 Å². The summed E-state index contributed by atoms with van der Waals surface area (Å²) in [4.78, 5) is 10.9.